The highest BCUT2D eigenvalue weighted by Crippen LogP contribution is 2.75. The molecule has 3 heterocycles. The van der Waals surface area contributed by atoms with Crippen LogP contribution in [-0.4, -0.2) is 45.5 Å². The molecule has 0 amide bonds. The van der Waals surface area contributed by atoms with E-state index in [9.17, 15) is 0 Å². The Morgan fingerprint density at radius 1 is 0.591 bits per heavy atom. The summed E-state index contributed by atoms with van der Waals surface area (Å²) >= 11 is 0. The minimum atomic E-state index is -1.28. The molecule has 3 aliphatic heterocycles. The van der Waals surface area contributed by atoms with Crippen LogP contribution in [0.5, 0.6) is 0 Å². The molecule has 0 N–H and O–H groups in total. The van der Waals surface area contributed by atoms with E-state index >= 15 is 0 Å². The monoisotopic (exact) mass is 400 g/mol. The van der Waals surface area contributed by atoms with E-state index in [0.717, 1.165) is 0 Å². The van der Waals surface area contributed by atoms with Crippen LogP contribution in [0, 0.1) is 0 Å². The molecular weight excluding hydrogens is 361 g/mol. The summed E-state index contributed by atoms with van der Waals surface area (Å²) in [5.74, 6) is 0. The van der Waals surface area contributed by atoms with Crippen molar-refractivity contribution in [2.24, 2.45) is 0 Å². The second-order valence-corrected chi connectivity index (χ2v) is 61.7. The van der Waals surface area contributed by atoms with Gasteiger partial charge in [-0.3, -0.25) is 0 Å². The van der Waals surface area contributed by atoms with Gasteiger partial charge in [-0.2, -0.15) is 0 Å². The van der Waals surface area contributed by atoms with E-state index in [4.69, 9.17) is 0 Å². The third-order valence-electron chi connectivity index (χ3n) is 10.3. The van der Waals surface area contributed by atoms with Crippen molar-refractivity contribution in [3.05, 3.63) is 12.7 Å². The fraction of sp³-hybridized carbons (Fsp3) is 0.875. The zero-order valence-corrected chi connectivity index (χ0v) is 23.4. The van der Waals surface area contributed by atoms with Gasteiger partial charge in [-0.05, 0) is 4.28 Å². The quantitative estimate of drug-likeness (QED) is 0.376. The normalized spacial score (nSPS) is 41.9. The molecule has 22 heavy (non-hydrogen) atoms. The predicted octanol–water partition coefficient (Wildman–Crippen LogP) is 5.95. The molecule has 6 heteroatoms. The lowest BCUT2D eigenvalue weighted by atomic mass is 10.7. The fourth-order valence-corrected chi connectivity index (χ4v) is 153. The maximum Gasteiger partial charge on any atom is 0.0454 e. The number of hydrogen-bond donors (Lipinski definition) is 0. The number of rotatable bonds is 1. The third-order valence-corrected chi connectivity index (χ3v) is 99.9. The van der Waals surface area contributed by atoms with Crippen molar-refractivity contribution in [3.63, 3.8) is 0 Å². The maximum absolute atomic E-state index is 4.61. The zero-order chi connectivity index (χ0) is 17.8. The van der Waals surface area contributed by atoms with Gasteiger partial charge in [0, 0.05) is 45.5 Å². The molecule has 0 atom stereocenters. The SMILES string of the molecule is C=CC12[Si](C)(C)[Si](C)(C)C([Si](C)(C)[Si]1(C)C)[Si](C)(C)[Si]2(C)C. The van der Waals surface area contributed by atoms with Gasteiger partial charge in [-0.25, -0.2) is 0 Å². The van der Waals surface area contributed by atoms with Crippen LogP contribution in [0.2, 0.25) is 87.6 Å². The van der Waals surface area contributed by atoms with E-state index in [-0.39, 0.29) is 0 Å². The molecule has 0 unspecified atom stereocenters. The van der Waals surface area contributed by atoms with Gasteiger partial charge in [0.1, 0.15) is 0 Å². The lowest BCUT2D eigenvalue weighted by Crippen LogP contribution is -2.99. The van der Waals surface area contributed by atoms with Crippen molar-refractivity contribution in [2.75, 3.05) is 0 Å². The molecule has 0 radical (unpaired) electrons. The van der Waals surface area contributed by atoms with Crippen LogP contribution in [0.25, 0.3) is 0 Å². The van der Waals surface area contributed by atoms with E-state index in [1.807, 2.05) is 0 Å². The Bertz CT molecular complexity index is 457. The third kappa shape index (κ3) is 1.46. The molecule has 3 fully saturated rings. The zero-order valence-electron chi connectivity index (χ0n) is 17.4. The van der Waals surface area contributed by atoms with Crippen molar-refractivity contribution >= 4 is 45.5 Å². The molecule has 0 spiro atoms. The summed E-state index contributed by atoms with van der Waals surface area (Å²) in [4.78, 5) is 1.26. The Morgan fingerprint density at radius 3 is 1.00 bits per heavy atom. The summed E-state index contributed by atoms with van der Waals surface area (Å²) < 4.78 is 0.683. The van der Waals surface area contributed by atoms with Crippen LogP contribution in [0.4, 0.5) is 0 Å². The van der Waals surface area contributed by atoms with Gasteiger partial charge in [0.05, 0.1) is 0 Å². The molecule has 0 aromatic rings. The molecule has 0 aromatic heterocycles. The molecule has 3 saturated heterocycles. The van der Waals surface area contributed by atoms with Gasteiger partial charge in [0.2, 0.25) is 0 Å². The summed E-state index contributed by atoms with van der Waals surface area (Å²) in [7, 11) is -7.39. The predicted molar refractivity (Wildman–Crippen MR) is 122 cm³/mol. The van der Waals surface area contributed by atoms with E-state index in [0.29, 0.717) is 4.28 Å². The lowest BCUT2D eigenvalue weighted by molar-refractivity contribution is 1.12. The molecule has 0 aliphatic carbocycles. The number of fused-ring (bicyclic) bond motifs is 3. The summed E-state index contributed by atoms with van der Waals surface area (Å²) in [5.41, 5.74) is 0. The topological polar surface area (TPSA) is 0 Å². The van der Waals surface area contributed by atoms with Crippen LogP contribution < -0.4 is 0 Å². The minimum absolute atomic E-state index is 0.683. The molecule has 2 bridgehead atoms. The summed E-state index contributed by atoms with van der Waals surface area (Å²) in [6, 6.07) is 0. The van der Waals surface area contributed by atoms with Gasteiger partial charge < -0.3 is 0 Å². The fourth-order valence-electron chi connectivity index (χ4n) is 8.42. The van der Waals surface area contributed by atoms with E-state index in [1.54, 1.807) is 0 Å². The van der Waals surface area contributed by atoms with Crippen molar-refractivity contribution in [1.82, 2.24) is 0 Å². The summed E-state index contributed by atoms with van der Waals surface area (Å²) in [5, 5.41) is 0. The molecule has 0 aromatic carbocycles. The molecule has 128 valence electrons. The standard InChI is InChI=1S/C16H40Si6/c1-14-16-20(8,9)17(2,3)15(18(4,5)21(16,10)11)19(6,7)22(16,12)13/h14-15H,1H2,2-13H3. The van der Waals surface area contributed by atoms with Crippen LogP contribution in [0.1, 0.15) is 0 Å². The lowest BCUT2D eigenvalue weighted by Gasteiger charge is -2.84. The van der Waals surface area contributed by atoms with E-state index in [1.165, 1.54) is 4.79 Å². The van der Waals surface area contributed by atoms with Gasteiger partial charge in [-0.15, -0.1) is 6.58 Å². The van der Waals surface area contributed by atoms with Gasteiger partial charge >= 0.3 is 0 Å². The van der Waals surface area contributed by atoms with Crippen LogP contribution in [0.15, 0.2) is 12.7 Å². The average Bonchev–Trinajstić information content (AvgIpc) is 2.24. The van der Waals surface area contributed by atoms with Crippen molar-refractivity contribution in [1.29, 1.82) is 0 Å². The highest BCUT2D eigenvalue weighted by Gasteiger charge is 2.86. The average molecular weight is 401 g/mol. The van der Waals surface area contributed by atoms with Gasteiger partial charge in [-0.1, -0.05) is 89.4 Å². The molecule has 0 saturated carbocycles. The van der Waals surface area contributed by atoms with E-state index in [2.05, 4.69) is 91.2 Å². The van der Waals surface area contributed by atoms with Gasteiger partial charge in [0.25, 0.3) is 0 Å². The van der Waals surface area contributed by atoms with E-state index < -0.39 is 45.5 Å². The first-order chi connectivity index (χ1) is 9.43. The van der Waals surface area contributed by atoms with Crippen LogP contribution in [0.3, 0.4) is 0 Å². The second-order valence-electron chi connectivity index (χ2n) is 11.5. The Hall–Kier alpha value is 1.04. The Labute approximate surface area is 145 Å². The van der Waals surface area contributed by atoms with Crippen molar-refractivity contribution < 1.29 is 0 Å². The van der Waals surface area contributed by atoms with Gasteiger partial charge in [0.15, 0.2) is 0 Å². The smallest absolute Gasteiger partial charge is 0.0454 e. The first kappa shape index (κ1) is 19.4. The maximum atomic E-state index is 4.61. The summed E-state index contributed by atoms with van der Waals surface area (Å²) in [6.45, 7) is 38.5. The molecular formula is C16H40Si6. The first-order valence-electron chi connectivity index (χ1n) is 9.06. The van der Waals surface area contributed by atoms with Crippen LogP contribution >= 0.6 is 0 Å². The van der Waals surface area contributed by atoms with Crippen molar-refractivity contribution in [3.8, 4) is 0 Å². The molecule has 0 nitrogen and oxygen atoms in total. The Morgan fingerprint density at radius 2 is 0.818 bits per heavy atom. The summed E-state index contributed by atoms with van der Waals surface area (Å²) in [6.07, 6.45) is 2.64. The first-order valence-corrected chi connectivity index (χ1v) is 30.3. The number of hydrogen-bond acceptors (Lipinski definition) is 0. The largest absolute Gasteiger partial charge is 0.103 e. The Balaban J connectivity index is 3.07. The van der Waals surface area contributed by atoms with Crippen molar-refractivity contribution in [2.45, 2.75) is 87.6 Å². The molecule has 3 rings (SSSR count). The highest BCUT2D eigenvalue weighted by molar-refractivity contribution is 7.77. The highest BCUT2D eigenvalue weighted by atomic mass is 29.4. The minimum Gasteiger partial charge on any atom is -0.103 e. The molecule has 3 aliphatic rings. The van der Waals surface area contributed by atoms with Crippen LogP contribution in [-0.2, 0) is 0 Å². The second kappa shape index (κ2) is 4.41. The Kier molecular flexibility index (Phi) is 3.88. The number of allylic oxidation sites excluding steroid dienone is 1.